The van der Waals surface area contributed by atoms with Gasteiger partial charge in [0.15, 0.2) is 11.5 Å². The van der Waals surface area contributed by atoms with Gasteiger partial charge in [0.1, 0.15) is 5.82 Å². The SMILES string of the molecule is CCC(C)NC(=O)Cc1nnc2cc(-c3nc(C(C)C)no3)ccn12. The molecule has 25 heavy (non-hydrogen) atoms. The lowest BCUT2D eigenvalue weighted by atomic mass is 10.2. The second kappa shape index (κ2) is 7.00. The summed E-state index contributed by atoms with van der Waals surface area (Å²) in [6.07, 6.45) is 2.89. The van der Waals surface area contributed by atoms with Crippen LogP contribution in [0.2, 0.25) is 0 Å². The lowest BCUT2D eigenvalue weighted by molar-refractivity contribution is -0.121. The van der Waals surface area contributed by atoms with Crippen molar-refractivity contribution in [3.63, 3.8) is 0 Å². The number of nitrogens with one attached hydrogen (secondary N) is 1. The molecule has 0 aliphatic carbocycles. The van der Waals surface area contributed by atoms with Gasteiger partial charge in [-0.2, -0.15) is 4.98 Å². The van der Waals surface area contributed by atoms with Crippen molar-refractivity contribution in [1.29, 1.82) is 0 Å². The van der Waals surface area contributed by atoms with Crippen LogP contribution in [0.3, 0.4) is 0 Å². The highest BCUT2D eigenvalue weighted by atomic mass is 16.5. The summed E-state index contributed by atoms with van der Waals surface area (Å²) < 4.78 is 7.10. The Labute approximate surface area is 145 Å². The Morgan fingerprint density at radius 3 is 2.80 bits per heavy atom. The van der Waals surface area contributed by atoms with E-state index < -0.39 is 0 Å². The highest BCUT2D eigenvalue weighted by Crippen LogP contribution is 2.21. The van der Waals surface area contributed by atoms with Crippen molar-refractivity contribution in [2.75, 3.05) is 0 Å². The normalized spacial score (nSPS) is 12.7. The minimum absolute atomic E-state index is 0.0637. The van der Waals surface area contributed by atoms with Crippen LogP contribution in [0.4, 0.5) is 0 Å². The zero-order chi connectivity index (χ0) is 18.0. The number of aromatic nitrogens is 5. The van der Waals surface area contributed by atoms with Crippen LogP contribution in [0.15, 0.2) is 22.9 Å². The van der Waals surface area contributed by atoms with Gasteiger partial charge in [-0.25, -0.2) is 0 Å². The zero-order valence-corrected chi connectivity index (χ0v) is 14.9. The molecule has 3 rings (SSSR count). The predicted octanol–water partition coefficient (Wildman–Crippen LogP) is 2.36. The molecule has 0 aliphatic rings. The summed E-state index contributed by atoms with van der Waals surface area (Å²) in [4.78, 5) is 16.4. The molecule has 0 radical (unpaired) electrons. The van der Waals surface area contributed by atoms with E-state index in [4.69, 9.17) is 4.52 Å². The number of hydrogen-bond donors (Lipinski definition) is 1. The maximum absolute atomic E-state index is 12.1. The van der Waals surface area contributed by atoms with Crippen molar-refractivity contribution in [2.45, 2.75) is 52.5 Å². The van der Waals surface area contributed by atoms with Crippen LogP contribution in [-0.2, 0) is 11.2 Å². The van der Waals surface area contributed by atoms with Gasteiger partial charge in [0.25, 0.3) is 5.89 Å². The summed E-state index contributed by atoms with van der Waals surface area (Å²) >= 11 is 0. The standard InChI is InChI=1S/C17H22N6O2/c1-5-11(4)18-15(24)9-14-21-20-13-8-12(6-7-23(13)14)17-19-16(10(2)3)22-25-17/h6-8,10-11H,5,9H2,1-4H3,(H,18,24). The third-order valence-electron chi connectivity index (χ3n) is 4.02. The third-order valence-corrected chi connectivity index (χ3v) is 4.02. The quantitative estimate of drug-likeness (QED) is 0.738. The molecule has 3 heterocycles. The second-order valence-electron chi connectivity index (χ2n) is 6.43. The number of nitrogens with zero attached hydrogens (tertiary/aromatic N) is 5. The van der Waals surface area contributed by atoms with Gasteiger partial charge in [0, 0.05) is 23.7 Å². The zero-order valence-electron chi connectivity index (χ0n) is 14.9. The summed E-state index contributed by atoms with van der Waals surface area (Å²) in [6, 6.07) is 3.82. The fourth-order valence-electron chi connectivity index (χ4n) is 2.35. The molecular formula is C17H22N6O2. The van der Waals surface area contributed by atoms with Crippen LogP contribution >= 0.6 is 0 Å². The van der Waals surface area contributed by atoms with Crippen molar-refractivity contribution in [3.05, 3.63) is 30.0 Å². The van der Waals surface area contributed by atoms with Crippen molar-refractivity contribution in [1.82, 2.24) is 30.1 Å². The van der Waals surface area contributed by atoms with E-state index in [0.717, 1.165) is 12.0 Å². The Kier molecular flexibility index (Phi) is 4.78. The van der Waals surface area contributed by atoms with Crippen molar-refractivity contribution in [2.24, 2.45) is 0 Å². The summed E-state index contributed by atoms with van der Waals surface area (Å²) in [5, 5.41) is 15.2. The van der Waals surface area contributed by atoms with Crippen molar-refractivity contribution in [3.8, 4) is 11.5 Å². The summed E-state index contributed by atoms with van der Waals surface area (Å²) in [5.41, 5.74) is 1.41. The Balaban J connectivity index is 1.82. The molecule has 8 heteroatoms. The summed E-state index contributed by atoms with van der Waals surface area (Å²) in [7, 11) is 0. The smallest absolute Gasteiger partial charge is 0.258 e. The van der Waals surface area contributed by atoms with E-state index in [1.165, 1.54) is 0 Å². The molecule has 3 aromatic heterocycles. The van der Waals surface area contributed by atoms with E-state index in [2.05, 4.69) is 25.7 Å². The van der Waals surface area contributed by atoms with Crippen molar-refractivity contribution >= 4 is 11.6 Å². The first-order chi connectivity index (χ1) is 12.0. The highest BCUT2D eigenvalue weighted by molar-refractivity contribution is 5.78. The molecule has 1 atom stereocenters. The Hall–Kier alpha value is -2.77. The van der Waals surface area contributed by atoms with Crippen LogP contribution in [0.25, 0.3) is 17.1 Å². The molecule has 0 fully saturated rings. The van der Waals surface area contributed by atoms with E-state index in [9.17, 15) is 4.79 Å². The van der Waals surface area contributed by atoms with Crippen LogP contribution in [0.1, 0.15) is 51.7 Å². The maximum atomic E-state index is 12.1. The molecule has 0 aliphatic heterocycles. The number of carbonyl (C=O) groups is 1. The van der Waals surface area contributed by atoms with Gasteiger partial charge in [-0.1, -0.05) is 25.9 Å². The van der Waals surface area contributed by atoms with E-state index in [0.29, 0.717) is 23.2 Å². The van der Waals surface area contributed by atoms with Gasteiger partial charge in [-0.15, -0.1) is 10.2 Å². The maximum Gasteiger partial charge on any atom is 0.258 e. The van der Waals surface area contributed by atoms with Gasteiger partial charge >= 0.3 is 0 Å². The van der Waals surface area contributed by atoms with Gasteiger partial charge in [-0.05, 0) is 25.5 Å². The second-order valence-corrected chi connectivity index (χ2v) is 6.43. The van der Waals surface area contributed by atoms with E-state index >= 15 is 0 Å². The lowest BCUT2D eigenvalue weighted by Gasteiger charge is -2.10. The number of pyridine rings is 1. The van der Waals surface area contributed by atoms with E-state index in [-0.39, 0.29) is 24.3 Å². The topological polar surface area (TPSA) is 98.2 Å². The number of rotatable bonds is 6. The number of amides is 1. The molecule has 3 aromatic rings. The van der Waals surface area contributed by atoms with Crippen LogP contribution in [0.5, 0.6) is 0 Å². The Bertz CT molecular complexity index is 882. The van der Waals surface area contributed by atoms with Crippen LogP contribution in [0, 0.1) is 0 Å². The molecule has 1 N–H and O–H groups in total. The van der Waals surface area contributed by atoms with Crippen LogP contribution < -0.4 is 5.32 Å². The molecule has 1 amide bonds. The minimum Gasteiger partial charge on any atom is -0.353 e. The first-order valence-electron chi connectivity index (χ1n) is 8.45. The number of hydrogen-bond acceptors (Lipinski definition) is 6. The van der Waals surface area contributed by atoms with Gasteiger partial charge in [-0.3, -0.25) is 9.20 Å². The first kappa shape index (κ1) is 17.1. The monoisotopic (exact) mass is 342 g/mol. The van der Waals surface area contributed by atoms with Gasteiger partial charge in [0.05, 0.1) is 6.42 Å². The summed E-state index contributed by atoms with van der Waals surface area (Å²) in [6.45, 7) is 8.02. The minimum atomic E-state index is -0.0637. The fraction of sp³-hybridized carbons (Fsp3) is 0.471. The number of carbonyl (C=O) groups excluding carboxylic acids is 1. The Morgan fingerprint density at radius 2 is 2.12 bits per heavy atom. The summed E-state index contributed by atoms with van der Waals surface area (Å²) in [5.74, 6) is 1.84. The molecule has 0 spiro atoms. The van der Waals surface area contributed by atoms with Gasteiger partial charge in [0.2, 0.25) is 5.91 Å². The average Bonchev–Trinajstić information content (AvgIpc) is 3.22. The molecule has 1 unspecified atom stereocenters. The molecule has 0 saturated heterocycles. The highest BCUT2D eigenvalue weighted by Gasteiger charge is 2.15. The number of fused-ring (bicyclic) bond motifs is 1. The molecule has 0 saturated carbocycles. The predicted molar refractivity (Wildman–Crippen MR) is 92.0 cm³/mol. The largest absolute Gasteiger partial charge is 0.353 e. The lowest BCUT2D eigenvalue weighted by Crippen LogP contribution is -2.33. The molecule has 0 bridgehead atoms. The molecular weight excluding hydrogens is 320 g/mol. The molecule has 0 aromatic carbocycles. The molecule has 132 valence electrons. The van der Waals surface area contributed by atoms with Gasteiger partial charge < -0.3 is 9.84 Å². The first-order valence-corrected chi connectivity index (χ1v) is 8.45. The van der Waals surface area contributed by atoms with E-state index in [1.807, 2.05) is 46.0 Å². The van der Waals surface area contributed by atoms with E-state index in [1.54, 1.807) is 4.40 Å². The average molecular weight is 342 g/mol. The fourth-order valence-corrected chi connectivity index (χ4v) is 2.35. The third kappa shape index (κ3) is 3.67. The Morgan fingerprint density at radius 1 is 1.32 bits per heavy atom. The van der Waals surface area contributed by atoms with Crippen molar-refractivity contribution < 1.29 is 9.32 Å². The molecule has 8 nitrogen and oxygen atoms in total. The van der Waals surface area contributed by atoms with Crippen LogP contribution in [-0.4, -0.2) is 36.7 Å².